The van der Waals surface area contributed by atoms with Crippen molar-refractivity contribution in [2.45, 2.75) is 0 Å². The lowest BCUT2D eigenvalue weighted by molar-refractivity contribution is -0.384. The molecule has 0 radical (unpaired) electrons. The monoisotopic (exact) mass is 358 g/mol. The Bertz CT molecular complexity index is 918. The third kappa shape index (κ3) is 3.70. The first kappa shape index (κ1) is 16.3. The van der Waals surface area contributed by atoms with Gasteiger partial charge >= 0.3 is 0 Å². The highest BCUT2D eigenvalue weighted by Crippen LogP contribution is 2.23. The summed E-state index contributed by atoms with van der Waals surface area (Å²) in [6.45, 7) is 0. The third-order valence-electron chi connectivity index (χ3n) is 3.10. The van der Waals surface area contributed by atoms with Gasteiger partial charge in [0.05, 0.1) is 11.2 Å². The van der Waals surface area contributed by atoms with E-state index in [-0.39, 0.29) is 16.9 Å². The summed E-state index contributed by atoms with van der Waals surface area (Å²) in [4.78, 5) is 38.1. The lowest BCUT2D eigenvalue weighted by Gasteiger charge is -2.05. The topological polar surface area (TPSA) is 127 Å². The molecule has 2 N–H and O–H groups in total. The van der Waals surface area contributed by atoms with E-state index in [4.69, 9.17) is 4.42 Å². The summed E-state index contributed by atoms with van der Waals surface area (Å²) in [5.74, 6) is -0.659. The molecule has 25 heavy (non-hydrogen) atoms. The summed E-state index contributed by atoms with van der Waals surface area (Å²) < 4.78 is 5.19. The lowest BCUT2D eigenvalue weighted by atomic mass is 10.2. The molecule has 0 fully saturated rings. The van der Waals surface area contributed by atoms with Crippen molar-refractivity contribution in [2.75, 3.05) is 0 Å². The predicted octanol–water partition coefficient (Wildman–Crippen LogP) is 2.39. The fourth-order valence-electron chi connectivity index (χ4n) is 1.88. The number of thiazole rings is 1. The third-order valence-corrected chi connectivity index (χ3v) is 3.96. The fourth-order valence-corrected chi connectivity index (χ4v) is 2.64. The first-order valence-electron chi connectivity index (χ1n) is 6.89. The van der Waals surface area contributed by atoms with Gasteiger partial charge in [-0.1, -0.05) is 0 Å². The second kappa shape index (κ2) is 6.93. The summed E-state index contributed by atoms with van der Waals surface area (Å²) in [6.07, 6.45) is 1.50. The second-order valence-corrected chi connectivity index (χ2v) is 5.59. The van der Waals surface area contributed by atoms with Crippen LogP contribution < -0.4 is 10.9 Å². The molecule has 0 unspecified atom stereocenters. The van der Waals surface area contributed by atoms with Crippen LogP contribution in [0.3, 0.4) is 0 Å². The standard InChI is InChI=1S/C15H10N4O5S/c20-13(9-3-5-10(6-4-9)19(22)23)17-18-14(21)11-8-25-15(16-11)12-2-1-7-24-12/h1-8H,(H,17,20)(H,18,21). The molecular formula is C15H10N4O5S. The number of nitrogens with zero attached hydrogens (tertiary/aromatic N) is 2. The van der Waals surface area contributed by atoms with Crippen molar-refractivity contribution < 1.29 is 18.9 Å². The van der Waals surface area contributed by atoms with Crippen LogP contribution in [0.1, 0.15) is 20.8 Å². The molecule has 9 nitrogen and oxygen atoms in total. The molecule has 0 aliphatic heterocycles. The molecule has 2 heterocycles. The van der Waals surface area contributed by atoms with Crippen molar-refractivity contribution in [3.05, 3.63) is 69.4 Å². The summed E-state index contributed by atoms with van der Waals surface area (Å²) >= 11 is 1.23. The molecule has 126 valence electrons. The smallest absolute Gasteiger partial charge is 0.289 e. The molecule has 0 saturated heterocycles. The number of nitro benzene ring substituents is 1. The zero-order chi connectivity index (χ0) is 17.8. The summed E-state index contributed by atoms with van der Waals surface area (Å²) in [5.41, 5.74) is 4.62. The average molecular weight is 358 g/mol. The van der Waals surface area contributed by atoms with E-state index in [0.717, 1.165) is 0 Å². The maximum absolute atomic E-state index is 12.0. The number of aromatic nitrogens is 1. The van der Waals surface area contributed by atoms with Crippen molar-refractivity contribution in [1.29, 1.82) is 0 Å². The van der Waals surface area contributed by atoms with E-state index in [1.165, 1.54) is 47.2 Å². The summed E-state index contributed by atoms with van der Waals surface area (Å²) in [5, 5.41) is 12.6. The zero-order valence-corrected chi connectivity index (χ0v) is 13.3. The number of non-ortho nitro benzene ring substituents is 1. The van der Waals surface area contributed by atoms with Crippen molar-refractivity contribution in [2.24, 2.45) is 0 Å². The van der Waals surface area contributed by atoms with E-state index in [1.807, 2.05) is 0 Å². The number of hydrogen-bond donors (Lipinski definition) is 2. The minimum atomic E-state index is -0.607. The number of carbonyl (C=O) groups excluding carboxylic acids is 2. The Morgan fingerprint density at radius 1 is 1.12 bits per heavy atom. The molecule has 0 spiro atoms. The van der Waals surface area contributed by atoms with Gasteiger partial charge in [0.15, 0.2) is 10.8 Å². The van der Waals surface area contributed by atoms with Gasteiger partial charge in [0.2, 0.25) is 0 Å². The van der Waals surface area contributed by atoms with Crippen LogP contribution in [0.4, 0.5) is 5.69 Å². The molecule has 3 rings (SSSR count). The largest absolute Gasteiger partial charge is 0.462 e. The number of furan rings is 1. The Kier molecular flexibility index (Phi) is 4.53. The minimum absolute atomic E-state index is 0.125. The van der Waals surface area contributed by atoms with Gasteiger partial charge in [-0.15, -0.1) is 11.3 Å². The second-order valence-electron chi connectivity index (χ2n) is 4.73. The molecule has 0 aliphatic carbocycles. The van der Waals surface area contributed by atoms with Crippen molar-refractivity contribution in [1.82, 2.24) is 15.8 Å². The number of amides is 2. The maximum atomic E-state index is 12.0. The predicted molar refractivity (Wildman–Crippen MR) is 87.8 cm³/mol. The number of rotatable bonds is 4. The Morgan fingerprint density at radius 2 is 1.84 bits per heavy atom. The summed E-state index contributed by atoms with van der Waals surface area (Å²) in [6, 6.07) is 8.41. The van der Waals surface area contributed by atoms with Gasteiger partial charge in [-0.25, -0.2) is 4.98 Å². The van der Waals surface area contributed by atoms with E-state index in [1.54, 1.807) is 12.1 Å². The molecule has 10 heteroatoms. The van der Waals surface area contributed by atoms with E-state index in [0.29, 0.717) is 10.8 Å². The van der Waals surface area contributed by atoms with E-state index in [9.17, 15) is 19.7 Å². The highest BCUT2D eigenvalue weighted by atomic mass is 32.1. The molecule has 0 atom stereocenters. The normalized spacial score (nSPS) is 10.2. The molecule has 3 aromatic rings. The Morgan fingerprint density at radius 3 is 2.48 bits per heavy atom. The number of nitro groups is 1. The minimum Gasteiger partial charge on any atom is -0.462 e. The molecule has 0 saturated carbocycles. The Hall–Kier alpha value is -3.53. The first-order valence-corrected chi connectivity index (χ1v) is 7.77. The van der Waals surface area contributed by atoms with Crippen LogP contribution in [0.5, 0.6) is 0 Å². The molecule has 0 bridgehead atoms. The summed E-state index contributed by atoms with van der Waals surface area (Å²) in [7, 11) is 0. The van der Waals surface area contributed by atoms with Crippen molar-refractivity contribution in [3.8, 4) is 10.8 Å². The van der Waals surface area contributed by atoms with Gasteiger partial charge in [0, 0.05) is 23.1 Å². The van der Waals surface area contributed by atoms with E-state index < -0.39 is 16.7 Å². The van der Waals surface area contributed by atoms with Crippen LogP contribution in [0.15, 0.2) is 52.5 Å². The molecule has 2 aromatic heterocycles. The van der Waals surface area contributed by atoms with Crippen LogP contribution in [0.25, 0.3) is 10.8 Å². The Labute approximate surface area is 144 Å². The highest BCUT2D eigenvalue weighted by molar-refractivity contribution is 7.13. The van der Waals surface area contributed by atoms with Crippen LogP contribution >= 0.6 is 11.3 Å². The molecule has 2 amide bonds. The Balaban J connectivity index is 1.60. The fraction of sp³-hybridized carbons (Fsp3) is 0. The van der Waals surface area contributed by atoms with Gasteiger partial charge in [0.1, 0.15) is 5.69 Å². The zero-order valence-electron chi connectivity index (χ0n) is 12.5. The van der Waals surface area contributed by atoms with Crippen LogP contribution in [0, 0.1) is 10.1 Å². The number of benzene rings is 1. The van der Waals surface area contributed by atoms with Crippen molar-refractivity contribution >= 4 is 28.8 Å². The molecule has 0 aliphatic rings. The number of nitrogens with one attached hydrogen (secondary N) is 2. The van der Waals surface area contributed by atoms with Crippen LogP contribution in [0.2, 0.25) is 0 Å². The SMILES string of the molecule is O=C(NNC(=O)c1csc(-c2ccco2)n1)c1ccc([N+](=O)[O-])cc1. The quantitative estimate of drug-likeness (QED) is 0.544. The van der Waals surface area contributed by atoms with Gasteiger partial charge in [0.25, 0.3) is 17.5 Å². The average Bonchev–Trinajstić information content (AvgIpc) is 3.30. The van der Waals surface area contributed by atoms with Crippen LogP contribution in [-0.2, 0) is 0 Å². The molecule has 1 aromatic carbocycles. The number of hydrazine groups is 1. The van der Waals surface area contributed by atoms with E-state index >= 15 is 0 Å². The number of hydrogen-bond acceptors (Lipinski definition) is 7. The van der Waals surface area contributed by atoms with Gasteiger partial charge in [-0.3, -0.25) is 30.6 Å². The van der Waals surface area contributed by atoms with E-state index in [2.05, 4.69) is 15.8 Å². The molecular weight excluding hydrogens is 348 g/mol. The first-order chi connectivity index (χ1) is 12.0. The number of carbonyl (C=O) groups is 2. The maximum Gasteiger partial charge on any atom is 0.289 e. The highest BCUT2D eigenvalue weighted by Gasteiger charge is 2.15. The van der Waals surface area contributed by atoms with Gasteiger partial charge in [-0.2, -0.15) is 0 Å². The lowest BCUT2D eigenvalue weighted by Crippen LogP contribution is -2.41. The van der Waals surface area contributed by atoms with Crippen LogP contribution in [-0.4, -0.2) is 21.7 Å². The van der Waals surface area contributed by atoms with Crippen molar-refractivity contribution in [3.63, 3.8) is 0 Å². The van der Waals surface area contributed by atoms with Gasteiger partial charge in [-0.05, 0) is 24.3 Å². The van der Waals surface area contributed by atoms with Gasteiger partial charge < -0.3 is 4.42 Å².